The molecule has 2 N–H and O–H groups in total. The van der Waals surface area contributed by atoms with Crippen LogP contribution in [0.5, 0.6) is 11.5 Å². The van der Waals surface area contributed by atoms with Crippen molar-refractivity contribution in [1.29, 1.82) is 0 Å². The molecular weight excluding hydrogens is 356 g/mol. The number of methoxy groups -OCH3 is 1. The third-order valence-corrected chi connectivity index (χ3v) is 4.74. The quantitative estimate of drug-likeness (QED) is 0.557. The van der Waals surface area contributed by atoms with Gasteiger partial charge in [0.05, 0.1) is 20.2 Å². The summed E-state index contributed by atoms with van der Waals surface area (Å²) in [5, 5.41) is 11.4. The molecule has 0 saturated carbocycles. The maximum Gasteiger partial charge on any atom is 0.191 e. The first kappa shape index (κ1) is 20.0. The van der Waals surface area contributed by atoms with E-state index >= 15 is 0 Å². The van der Waals surface area contributed by atoms with Gasteiger partial charge < -0.3 is 20.1 Å². The number of aliphatic imine (C=N–C) groups is 1. The van der Waals surface area contributed by atoms with Crippen LogP contribution in [0.4, 0.5) is 0 Å². The van der Waals surface area contributed by atoms with Gasteiger partial charge in [0.15, 0.2) is 23.3 Å². The highest BCUT2D eigenvalue weighted by Crippen LogP contribution is 2.26. The van der Waals surface area contributed by atoms with Crippen molar-refractivity contribution >= 4 is 5.96 Å². The predicted octanol–water partition coefficient (Wildman–Crippen LogP) is 1.80. The zero-order valence-corrected chi connectivity index (χ0v) is 17.1. The Bertz CT molecular complexity index is 804. The topological polar surface area (TPSA) is 85.6 Å². The molecule has 8 heteroatoms. The standard InChI is InChI=1S/C20H30N6O2/c1-5-18-24-19-11-10-15(13-26(19)25-18)23-20(21-3)22-12-14(2)28-17-9-7-6-8-16(17)27-4/h6-9,14-15H,5,10-13H2,1-4H3,(H2,21,22,23). The Balaban J connectivity index is 1.49. The van der Waals surface area contributed by atoms with Crippen LogP contribution in [-0.4, -0.2) is 53.6 Å². The number of para-hydroxylation sites is 2. The summed E-state index contributed by atoms with van der Waals surface area (Å²) in [6.45, 7) is 5.52. The average Bonchev–Trinajstić information content (AvgIpc) is 3.14. The third-order valence-electron chi connectivity index (χ3n) is 4.74. The van der Waals surface area contributed by atoms with E-state index in [9.17, 15) is 0 Å². The minimum absolute atomic E-state index is 0.0461. The van der Waals surface area contributed by atoms with Gasteiger partial charge in [-0.1, -0.05) is 19.1 Å². The lowest BCUT2D eigenvalue weighted by Crippen LogP contribution is -2.48. The molecule has 1 aliphatic heterocycles. The monoisotopic (exact) mass is 386 g/mol. The van der Waals surface area contributed by atoms with Crippen molar-refractivity contribution in [3.05, 3.63) is 35.9 Å². The Morgan fingerprint density at radius 1 is 1.36 bits per heavy atom. The van der Waals surface area contributed by atoms with Crippen LogP contribution in [-0.2, 0) is 19.4 Å². The first-order valence-corrected chi connectivity index (χ1v) is 9.82. The molecule has 2 heterocycles. The van der Waals surface area contributed by atoms with Crippen LogP contribution >= 0.6 is 0 Å². The Hall–Kier alpha value is -2.77. The van der Waals surface area contributed by atoms with Crippen LogP contribution in [0, 0.1) is 0 Å². The van der Waals surface area contributed by atoms with Crippen LogP contribution in [0.25, 0.3) is 0 Å². The van der Waals surface area contributed by atoms with Gasteiger partial charge in [-0.2, -0.15) is 5.10 Å². The summed E-state index contributed by atoms with van der Waals surface area (Å²) in [5.41, 5.74) is 0. The first-order valence-electron chi connectivity index (χ1n) is 9.82. The number of hydrogen-bond acceptors (Lipinski definition) is 5. The van der Waals surface area contributed by atoms with Gasteiger partial charge in [0.1, 0.15) is 11.9 Å². The van der Waals surface area contributed by atoms with Gasteiger partial charge in [0.25, 0.3) is 0 Å². The van der Waals surface area contributed by atoms with E-state index in [2.05, 4.69) is 32.6 Å². The van der Waals surface area contributed by atoms with Crippen molar-refractivity contribution in [2.45, 2.75) is 51.8 Å². The first-order chi connectivity index (χ1) is 13.6. The second kappa shape index (κ2) is 9.43. The predicted molar refractivity (Wildman–Crippen MR) is 109 cm³/mol. The molecular formula is C20H30N6O2. The Morgan fingerprint density at radius 2 is 2.14 bits per heavy atom. The second-order valence-electron chi connectivity index (χ2n) is 6.89. The summed E-state index contributed by atoms with van der Waals surface area (Å²) in [4.78, 5) is 8.91. The fourth-order valence-corrected chi connectivity index (χ4v) is 3.23. The molecule has 1 aromatic heterocycles. The van der Waals surface area contributed by atoms with E-state index in [1.54, 1.807) is 14.2 Å². The number of benzene rings is 1. The number of aromatic nitrogens is 3. The highest BCUT2D eigenvalue weighted by Gasteiger charge is 2.22. The van der Waals surface area contributed by atoms with Crippen LogP contribution in [0.2, 0.25) is 0 Å². The molecule has 0 aliphatic carbocycles. The fraction of sp³-hybridized carbons (Fsp3) is 0.550. The number of guanidine groups is 1. The Kier molecular flexibility index (Phi) is 6.73. The highest BCUT2D eigenvalue weighted by atomic mass is 16.5. The number of nitrogens with one attached hydrogen (secondary N) is 2. The van der Waals surface area contributed by atoms with Gasteiger partial charge in [-0.15, -0.1) is 0 Å². The zero-order chi connectivity index (χ0) is 19.9. The number of ether oxygens (including phenoxy) is 2. The molecule has 0 fully saturated rings. The lowest BCUT2D eigenvalue weighted by molar-refractivity contribution is 0.213. The van der Waals surface area contributed by atoms with Crippen molar-refractivity contribution in [1.82, 2.24) is 25.4 Å². The van der Waals surface area contributed by atoms with Crippen molar-refractivity contribution in [2.24, 2.45) is 4.99 Å². The number of rotatable bonds is 7. The van der Waals surface area contributed by atoms with E-state index in [4.69, 9.17) is 9.47 Å². The molecule has 0 amide bonds. The number of nitrogens with zero attached hydrogens (tertiary/aromatic N) is 4. The molecule has 0 saturated heterocycles. The van der Waals surface area contributed by atoms with Crippen molar-refractivity contribution in [3.63, 3.8) is 0 Å². The summed E-state index contributed by atoms with van der Waals surface area (Å²) in [6, 6.07) is 7.93. The molecule has 0 spiro atoms. The molecule has 2 atom stereocenters. The molecule has 2 aromatic rings. The fourth-order valence-electron chi connectivity index (χ4n) is 3.23. The maximum atomic E-state index is 5.99. The minimum atomic E-state index is -0.0461. The van der Waals surface area contributed by atoms with E-state index in [0.717, 1.165) is 54.9 Å². The lowest BCUT2D eigenvalue weighted by Gasteiger charge is -2.26. The van der Waals surface area contributed by atoms with Crippen LogP contribution in [0.1, 0.15) is 31.9 Å². The third kappa shape index (κ3) is 4.94. The van der Waals surface area contributed by atoms with Crippen molar-refractivity contribution in [3.8, 4) is 11.5 Å². The smallest absolute Gasteiger partial charge is 0.191 e. The van der Waals surface area contributed by atoms with Gasteiger partial charge in [-0.05, 0) is 25.5 Å². The number of hydrogen-bond donors (Lipinski definition) is 2. The van der Waals surface area contributed by atoms with Crippen LogP contribution in [0.15, 0.2) is 29.3 Å². The van der Waals surface area contributed by atoms with Crippen molar-refractivity contribution < 1.29 is 9.47 Å². The highest BCUT2D eigenvalue weighted by molar-refractivity contribution is 5.80. The molecule has 3 rings (SSSR count). The Morgan fingerprint density at radius 3 is 2.86 bits per heavy atom. The molecule has 28 heavy (non-hydrogen) atoms. The van der Waals surface area contributed by atoms with Gasteiger partial charge in [-0.25, -0.2) is 9.67 Å². The van der Waals surface area contributed by atoms with Gasteiger partial charge in [0, 0.05) is 25.9 Å². The normalized spacial score (nSPS) is 17.6. The Labute approximate surface area is 166 Å². The maximum absolute atomic E-state index is 5.99. The number of fused-ring (bicyclic) bond motifs is 1. The van der Waals surface area contributed by atoms with Gasteiger partial charge in [0.2, 0.25) is 0 Å². The van der Waals surface area contributed by atoms with Gasteiger partial charge >= 0.3 is 0 Å². The van der Waals surface area contributed by atoms with E-state index < -0.39 is 0 Å². The van der Waals surface area contributed by atoms with E-state index in [0.29, 0.717) is 6.54 Å². The SMILES string of the molecule is CCc1nc2n(n1)CC(NC(=NC)NCC(C)Oc1ccccc1OC)CC2. The molecule has 8 nitrogen and oxygen atoms in total. The van der Waals surface area contributed by atoms with Crippen molar-refractivity contribution in [2.75, 3.05) is 20.7 Å². The number of aryl methyl sites for hydroxylation is 2. The molecule has 2 unspecified atom stereocenters. The lowest BCUT2D eigenvalue weighted by atomic mass is 10.1. The summed E-state index contributed by atoms with van der Waals surface area (Å²) in [6.07, 6.45) is 2.76. The molecule has 1 aromatic carbocycles. The molecule has 0 radical (unpaired) electrons. The summed E-state index contributed by atoms with van der Waals surface area (Å²) < 4.78 is 13.3. The van der Waals surface area contributed by atoms with E-state index in [1.165, 1.54) is 0 Å². The second-order valence-corrected chi connectivity index (χ2v) is 6.89. The molecule has 152 valence electrons. The summed E-state index contributed by atoms with van der Waals surface area (Å²) >= 11 is 0. The van der Waals surface area contributed by atoms with E-state index in [1.807, 2.05) is 35.9 Å². The van der Waals surface area contributed by atoms with E-state index in [-0.39, 0.29) is 12.1 Å². The summed E-state index contributed by atoms with van der Waals surface area (Å²) in [7, 11) is 3.42. The minimum Gasteiger partial charge on any atom is -0.493 e. The van der Waals surface area contributed by atoms with Crippen LogP contribution in [0.3, 0.4) is 0 Å². The van der Waals surface area contributed by atoms with Crippen LogP contribution < -0.4 is 20.1 Å². The molecule has 0 bridgehead atoms. The largest absolute Gasteiger partial charge is 0.493 e. The van der Waals surface area contributed by atoms with Gasteiger partial charge in [-0.3, -0.25) is 4.99 Å². The average molecular weight is 387 g/mol. The summed E-state index contributed by atoms with van der Waals surface area (Å²) in [5.74, 6) is 4.23. The zero-order valence-electron chi connectivity index (χ0n) is 17.1. The molecule has 1 aliphatic rings.